The molecule has 56 valence electrons. The van der Waals surface area contributed by atoms with Gasteiger partial charge in [0.25, 0.3) is 0 Å². The first-order valence-electron chi connectivity index (χ1n) is 3.33. The summed E-state index contributed by atoms with van der Waals surface area (Å²) in [6, 6.07) is -0.532. The Hall–Kier alpha value is -0.180. The molecule has 0 spiro atoms. The topological polar surface area (TPSA) is 3.24 Å². The minimum absolute atomic E-state index is 0.529. The SMILES string of the molecule is CCCC(CC)N(F)F. The first-order chi connectivity index (χ1) is 4.22. The number of rotatable bonds is 4. The Morgan fingerprint density at radius 3 is 2.00 bits per heavy atom. The van der Waals surface area contributed by atoms with Gasteiger partial charge in [-0.1, -0.05) is 20.3 Å². The average molecular weight is 137 g/mol. The van der Waals surface area contributed by atoms with E-state index in [4.69, 9.17) is 0 Å². The summed E-state index contributed by atoms with van der Waals surface area (Å²) in [5.74, 6) is 0. The molecule has 3 heteroatoms. The zero-order valence-electron chi connectivity index (χ0n) is 5.90. The lowest BCUT2D eigenvalue weighted by atomic mass is 10.1. The van der Waals surface area contributed by atoms with Gasteiger partial charge in [0, 0.05) is 5.34 Å². The number of halogens is 2. The largest absolute Gasteiger partial charge is 0.101 e. The number of nitrogens with zero attached hydrogens (tertiary/aromatic N) is 1. The average Bonchev–Trinajstić information content (AvgIpc) is 1.82. The maximum absolute atomic E-state index is 11.7. The number of hydrogen-bond donors (Lipinski definition) is 0. The van der Waals surface area contributed by atoms with E-state index < -0.39 is 11.4 Å². The molecule has 0 fully saturated rings. The highest BCUT2D eigenvalue weighted by molar-refractivity contribution is 4.56. The van der Waals surface area contributed by atoms with Crippen molar-refractivity contribution in [2.75, 3.05) is 0 Å². The maximum atomic E-state index is 11.7. The van der Waals surface area contributed by atoms with Gasteiger partial charge in [-0.25, -0.2) is 0 Å². The van der Waals surface area contributed by atoms with Gasteiger partial charge in [-0.2, -0.15) is 0 Å². The molecular formula is C6H13F2N. The second-order valence-electron chi connectivity index (χ2n) is 2.11. The predicted octanol–water partition coefficient (Wildman–Crippen LogP) is 2.64. The monoisotopic (exact) mass is 137 g/mol. The van der Waals surface area contributed by atoms with Crippen molar-refractivity contribution in [1.82, 2.24) is 5.34 Å². The van der Waals surface area contributed by atoms with Crippen LogP contribution in [0.3, 0.4) is 0 Å². The summed E-state index contributed by atoms with van der Waals surface area (Å²) in [6.07, 6.45) is 1.94. The normalized spacial score (nSPS) is 14.3. The van der Waals surface area contributed by atoms with Crippen LogP contribution >= 0.6 is 0 Å². The van der Waals surface area contributed by atoms with Crippen LogP contribution in [0.25, 0.3) is 0 Å². The molecule has 0 aliphatic rings. The first-order valence-corrected chi connectivity index (χ1v) is 3.33. The van der Waals surface area contributed by atoms with E-state index in [1.54, 1.807) is 6.92 Å². The molecule has 1 nitrogen and oxygen atoms in total. The molecule has 1 unspecified atom stereocenters. The minimum atomic E-state index is -0.691. The van der Waals surface area contributed by atoms with Gasteiger partial charge in [0.15, 0.2) is 0 Å². The van der Waals surface area contributed by atoms with Crippen molar-refractivity contribution in [3.63, 3.8) is 0 Å². The van der Waals surface area contributed by atoms with Gasteiger partial charge < -0.3 is 0 Å². The molecule has 0 rings (SSSR count). The molecule has 0 radical (unpaired) electrons. The molecule has 0 saturated carbocycles. The van der Waals surface area contributed by atoms with Crippen LogP contribution in [0.2, 0.25) is 0 Å². The van der Waals surface area contributed by atoms with Crippen LogP contribution in [0.4, 0.5) is 8.96 Å². The summed E-state index contributed by atoms with van der Waals surface area (Å²) in [7, 11) is 0. The Labute approximate surface area is 54.5 Å². The van der Waals surface area contributed by atoms with Crippen LogP contribution in [0.15, 0.2) is 0 Å². The van der Waals surface area contributed by atoms with Crippen molar-refractivity contribution in [2.24, 2.45) is 0 Å². The molecule has 0 aromatic heterocycles. The van der Waals surface area contributed by atoms with Crippen LogP contribution in [-0.4, -0.2) is 11.4 Å². The van der Waals surface area contributed by atoms with Crippen LogP contribution in [0, 0.1) is 0 Å². The Bertz CT molecular complexity index is 66.1. The van der Waals surface area contributed by atoms with Crippen molar-refractivity contribution in [1.29, 1.82) is 0 Å². The Kier molecular flexibility index (Phi) is 4.58. The Balaban J connectivity index is 3.41. The van der Waals surface area contributed by atoms with E-state index in [0.717, 1.165) is 6.42 Å². The molecule has 0 bridgehead atoms. The van der Waals surface area contributed by atoms with E-state index in [-0.39, 0.29) is 0 Å². The van der Waals surface area contributed by atoms with Crippen molar-refractivity contribution >= 4 is 0 Å². The quantitative estimate of drug-likeness (QED) is 0.538. The van der Waals surface area contributed by atoms with Gasteiger partial charge in [0.2, 0.25) is 0 Å². The highest BCUT2D eigenvalue weighted by atomic mass is 19.4. The molecule has 0 amide bonds. The first kappa shape index (κ1) is 8.82. The van der Waals surface area contributed by atoms with Gasteiger partial charge in [0.1, 0.15) is 0 Å². The summed E-state index contributed by atoms with van der Waals surface area (Å²) >= 11 is 0. The van der Waals surface area contributed by atoms with Crippen molar-refractivity contribution in [3.05, 3.63) is 0 Å². The van der Waals surface area contributed by atoms with E-state index in [1.807, 2.05) is 6.92 Å². The van der Waals surface area contributed by atoms with Crippen LogP contribution < -0.4 is 0 Å². The van der Waals surface area contributed by atoms with Crippen molar-refractivity contribution in [3.8, 4) is 0 Å². The summed E-state index contributed by atoms with van der Waals surface area (Å²) in [5.41, 5.74) is 0. The minimum Gasteiger partial charge on any atom is -0.101 e. The maximum Gasteiger partial charge on any atom is 0.0727 e. The van der Waals surface area contributed by atoms with Crippen LogP contribution in [0.5, 0.6) is 0 Å². The fourth-order valence-electron chi connectivity index (χ4n) is 0.773. The van der Waals surface area contributed by atoms with E-state index >= 15 is 0 Å². The molecule has 0 aromatic rings. The van der Waals surface area contributed by atoms with Gasteiger partial charge in [0.05, 0.1) is 6.04 Å². The highest BCUT2D eigenvalue weighted by Gasteiger charge is 2.13. The fraction of sp³-hybridized carbons (Fsp3) is 1.00. The number of hydrogen-bond acceptors (Lipinski definition) is 1. The second-order valence-corrected chi connectivity index (χ2v) is 2.11. The van der Waals surface area contributed by atoms with Gasteiger partial charge >= 0.3 is 0 Å². The molecule has 1 atom stereocenters. The van der Waals surface area contributed by atoms with E-state index in [9.17, 15) is 8.96 Å². The molecule has 0 saturated heterocycles. The van der Waals surface area contributed by atoms with Crippen molar-refractivity contribution in [2.45, 2.75) is 39.2 Å². The Morgan fingerprint density at radius 1 is 1.33 bits per heavy atom. The van der Waals surface area contributed by atoms with E-state index in [2.05, 4.69) is 0 Å². The third kappa shape index (κ3) is 3.40. The smallest absolute Gasteiger partial charge is 0.0727 e. The molecule has 0 N–H and O–H groups in total. The zero-order chi connectivity index (χ0) is 7.28. The Morgan fingerprint density at radius 2 is 1.89 bits per heavy atom. The van der Waals surface area contributed by atoms with Crippen molar-refractivity contribution < 1.29 is 8.96 Å². The van der Waals surface area contributed by atoms with E-state index in [1.165, 1.54) is 0 Å². The predicted molar refractivity (Wildman–Crippen MR) is 33.0 cm³/mol. The summed E-state index contributed by atoms with van der Waals surface area (Å²) in [5, 5.41) is -0.691. The third-order valence-corrected chi connectivity index (χ3v) is 1.37. The molecule has 0 aliphatic heterocycles. The highest BCUT2D eigenvalue weighted by Crippen LogP contribution is 2.10. The van der Waals surface area contributed by atoms with E-state index in [0.29, 0.717) is 12.8 Å². The van der Waals surface area contributed by atoms with Gasteiger partial charge in [-0.15, -0.1) is 8.96 Å². The zero-order valence-corrected chi connectivity index (χ0v) is 5.90. The summed E-state index contributed by atoms with van der Waals surface area (Å²) in [6.45, 7) is 3.68. The lowest BCUT2D eigenvalue weighted by molar-refractivity contribution is -0.189. The molecule has 0 heterocycles. The van der Waals surface area contributed by atoms with Crippen LogP contribution in [-0.2, 0) is 0 Å². The summed E-state index contributed by atoms with van der Waals surface area (Å²) in [4.78, 5) is 0. The lowest BCUT2D eigenvalue weighted by Gasteiger charge is -2.12. The third-order valence-electron chi connectivity index (χ3n) is 1.37. The summed E-state index contributed by atoms with van der Waals surface area (Å²) < 4.78 is 23.4. The van der Waals surface area contributed by atoms with Gasteiger partial charge in [-0.05, 0) is 12.8 Å². The van der Waals surface area contributed by atoms with Crippen LogP contribution in [0.1, 0.15) is 33.1 Å². The molecule has 0 aliphatic carbocycles. The lowest BCUT2D eigenvalue weighted by Crippen LogP contribution is -2.19. The molecular weight excluding hydrogens is 124 g/mol. The second kappa shape index (κ2) is 4.68. The standard InChI is InChI=1S/C6H13F2N/c1-3-5-6(4-2)9(7)8/h6H,3-5H2,1-2H3. The molecule has 9 heavy (non-hydrogen) atoms. The fourth-order valence-corrected chi connectivity index (χ4v) is 0.773. The molecule has 0 aromatic carbocycles. The van der Waals surface area contributed by atoms with Gasteiger partial charge in [-0.3, -0.25) is 0 Å².